The van der Waals surface area contributed by atoms with E-state index in [9.17, 15) is 0 Å². The van der Waals surface area contributed by atoms with Crippen LogP contribution in [0.4, 0.5) is 0 Å². The smallest absolute Gasteiger partial charge is 0.0644 e. The van der Waals surface area contributed by atoms with E-state index in [0.717, 1.165) is 12.5 Å². The van der Waals surface area contributed by atoms with Crippen molar-refractivity contribution in [2.45, 2.75) is 39.5 Å². The molecule has 1 nitrogen and oxygen atoms in total. The van der Waals surface area contributed by atoms with E-state index in [0.29, 0.717) is 6.61 Å². The lowest BCUT2D eigenvalue weighted by Crippen LogP contribution is -2.08. The Labute approximate surface area is 76.8 Å². The number of hydrogen-bond donors (Lipinski definition) is 0. The van der Waals surface area contributed by atoms with Crippen LogP contribution in [0, 0.1) is 5.92 Å². The lowest BCUT2D eigenvalue weighted by molar-refractivity contribution is 0.116. The summed E-state index contributed by atoms with van der Waals surface area (Å²) in [6, 6.07) is 0. The molecule has 0 aliphatic heterocycles. The predicted molar refractivity (Wildman–Crippen MR) is 54.3 cm³/mol. The van der Waals surface area contributed by atoms with Gasteiger partial charge < -0.3 is 4.74 Å². The van der Waals surface area contributed by atoms with Gasteiger partial charge in [0.2, 0.25) is 0 Å². The molecule has 1 unspecified atom stereocenters. The fourth-order valence-corrected chi connectivity index (χ4v) is 1.22. The van der Waals surface area contributed by atoms with Gasteiger partial charge in [-0.3, -0.25) is 0 Å². The summed E-state index contributed by atoms with van der Waals surface area (Å²) in [5.74, 6) is 0.755. The fourth-order valence-electron chi connectivity index (χ4n) is 1.22. The molecule has 0 spiro atoms. The molecule has 0 aromatic heterocycles. The first-order chi connectivity index (χ1) is 5.85. The third kappa shape index (κ3) is 6.41. The van der Waals surface area contributed by atoms with Crippen LogP contribution in [0.15, 0.2) is 12.7 Å². The Morgan fingerprint density at radius 3 is 2.67 bits per heavy atom. The van der Waals surface area contributed by atoms with E-state index in [1.165, 1.54) is 25.7 Å². The van der Waals surface area contributed by atoms with Gasteiger partial charge in [0, 0.05) is 6.61 Å². The Balaban J connectivity index is 3.32. The van der Waals surface area contributed by atoms with Gasteiger partial charge in [0.25, 0.3) is 0 Å². The minimum Gasteiger partial charge on any atom is -0.377 e. The Bertz CT molecular complexity index is 99.2. The number of hydrogen-bond acceptors (Lipinski definition) is 1. The minimum absolute atomic E-state index is 0.697. The van der Waals surface area contributed by atoms with Crippen LogP contribution in [-0.4, -0.2) is 13.2 Å². The second-order valence-electron chi connectivity index (χ2n) is 3.24. The van der Waals surface area contributed by atoms with Crippen molar-refractivity contribution < 1.29 is 4.74 Å². The minimum atomic E-state index is 0.697. The molecule has 0 fully saturated rings. The molecule has 0 aromatic rings. The molecule has 0 saturated carbocycles. The Kier molecular flexibility index (Phi) is 8.57. The van der Waals surface area contributed by atoms with Crippen molar-refractivity contribution in [3.8, 4) is 0 Å². The maximum absolute atomic E-state index is 5.41. The molecule has 0 aromatic carbocycles. The van der Waals surface area contributed by atoms with Crippen molar-refractivity contribution in [1.82, 2.24) is 0 Å². The summed E-state index contributed by atoms with van der Waals surface area (Å²) in [7, 11) is 0. The van der Waals surface area contributed by atoms with Crippen LogP contribution in [0.25, 0.3) is 0 Å². The van der Waals surface area contributed by atoms with E-state index in [1.54, 1.807) is 0 Å². The first-order valence-corrected chi connectivity index (χ1v) is 5.03. The summed E-state index contributed by atoms with van der Waals surface area (Å²) >= 11 is 0. The van der Waals surface area contributed by atoms with E-state index in [1.807, 2.05) is 6.08 Å². The molecule has 72 valence electrons. The van der Waals surface area contributed by atoms with Gasteiger partial charge in [0.1, 0.15) is 0 Å². The zero-order chi connectivity index (χ0) is 9.23. The first kappa shape index (κ1) is 11.7. The highest BCUT2D eigenvalue weighted by Gasteiger charge is 2.04. The normalized spacial score (nSPS) is 12.8. The molecule has 12 heavy (non-hydrogen) atoms. The molecule has 0 aliphatic rings. The molecule has 1 heteroatoms. The molecule has 0 saturated heterocycles. The first-order valence-electron chi connectivity index (χ1n) is 5.03. The second-order valence-corrected chi connectivity index (χ2v) is 3.24. The van der Waals surface area contributed by atoms with Gasteiger partial charge in [0.15, 0.2) is 0 Å². The van der Waals surface area contributed by atoms with Gasteiger partial charge in [-0.25, -0.2) is 0 Å². The Morgan fingerprint density at radius 1 is 1.42 bits per heavy atom. The van der Waals surface area contributed by atoms with E-state index in [4.69, 9.17) is 4.74 Å². The number of ether oxygens (including phenoxy) is 1. The van der Waals surface area contributed by atoms with Crippen molar-refractivity contribution in [1.29, 1.82) is 0 Å². The molecule has 0 N–H and O–H groups in total. The van der Waals surface area contributed by atoms with E-state index >= 15 is 0 Å². The van der Waals surface area contributed by atoms with Gasteiger partial charge in [0.05, 0.1) is 6.61 Å². The summed E-state index contributed by atoms with van der Waals surface area (Å²) in [5, 5.41) is 0. The Hall–Kier alpha value is -0.300. The maximum atomic E-state index is 5.41. The van der Waals surface area contributed by atoms with Gasteiger partial charge in [-0.15, -0.1) is 6.58 Å². The molecular weight excluding hydrogens is 148 g/mol. The van der Waals surface area contributed by atoms with E-state index < -0.39 is 0 Å². The maximum Gasteiger partial charge on any atom is 0.0644 e. The molecule has 0 heterocycles. The van der Waals surface area contributed by atoms with E-state index in [-0.39, 0.29) is 0 Å². The van der Waals surface area contributed by atoms with Crippen LogP contribution < -0.4 is 0 Å². The van der Waals surface area contributed by atoms with Gasteiger partial charge >= 0.3 is 0 Å². The van der Waals surface area contributed by atoms with Crippen molar-refractivity contribution in [2.24, 2.45) is 5.92 Å². The zero-order valence-electron chi connectivity index (χ0n) is 8.51. The van der Waals surface area contributed by atoms with Crippen molar-refractivity contribution in [3.05, 3.63) is 12.7 Å². The van der Waals surface area contributed by atoms with Gasteiger partial charge in [-0.1, -0.05) is 39.2 Å². The fraction of sp³-hybridized carbons (Fsp3) is 0.818. The average Bonchev–Trinajstić information content (AvgIpc) is 2.11. The van der Waals surface area contributed by atoms with Crippen LogP contribution in [-0.2, 0) is 4.74 Å². The van der Waals surface area contributed by atoms with Crippen LogP contribution in [0.2, 0.25) is 0 Å². The Morgan fingerprint density at radius 2 is 2.17 bits per heavy atom. The van der Waals surface area contributed by atoms with Crippen molar-refractivity contribution in [3.63, 3.8) is 0 Å². The van der Waals surface area contributed by atoms with Crippen LogP contribution in [0.5, 0.6) is 0 Å². The summed E-state index contributed by atoms with van der Waals surface area (Å²) in [4.78, 5) is 0. The van der Waals surface area contributed by atoms with E-state index in [2.05, 4.69) is 20.4 Å². The summed E-state index contributed by atoms with van der Waals surface area (Å²) in [6.45, 7) is 9.69. The number of rotatable bonds is 8. The monoisotopic (exact) mass is 170 g/mol. The lowest BCUT2D eigenvalue weighted by atomic mass is 10.0. The molecule has 0 radical (unpaired) electrons. The SMILES string of the molecule is C=CCOCC(CC)CCCC. The van der Waals surface area contributed by atoms with Gasteiger partial charge in [-0.2, -0.15) is 0 Å². The quantitative estimate of drug-likeness (QED) is 0.401. The highest BCUT2D eigenvalue weighted by Crippen LogP contribution is 2.12. The third-order valence-corrected chi connectivity index (χ3v) is 2.13. The average molecular weight is 170 g/mol. The molecule has 0 aliphatic carbocycles. The molecular formula is C11H22O. The van der Waals surface area contributed by atoms with Crippen molar-refractivity contribution >= 4 is 0 Å². The standard InChI is InChI=1S/C11H22O/c1-4-7-8-11(6-3)10-12-9-5-2/h5,11H,2,4,6-10H2,1,3H3. The topological polar surface area (TPSA) is 9.23 Å². The highest BCUT2D eigenvalue weighted by atomic mass is 16.5. The highest BCUT2D eigenvalue weighted by molar-refractivity contribution is 4.65. The lowest BCUT2D eigenvalue weighted by Gasteiger charge is -2.13. The van der Waals surface area contributed by atoms with Crippen LogP contribution in [0.1, 0.15) is 39.5 Å². The third-order valence-electron chi connectivity index (χ3n) is 2.13. The molecule has 0 rings (SSSR count). The molecule has 0 bridgehead atoms. The molecule has 0 amide bonds. The summed E-state index contributed by atoms with van der Waals surface area (Å²) < 4.78 is 5.41. The molecule has 1 atom stereocenters. The van der Waals surface area contributed by atoms with Crippen LogP contribution >= 0.6 is 0 Å². The zero-order valence-corrected chi connectivity index (χ0v) is 8.51. The second kappa shape index (κ2) is 8.79. The van der Waals surface area contributed by atoms with Crippen molar-refractivity contribution in [2.75, 3.05) is 13.2 Å². The largest absolute Gasteiger partial charge is 0.377 e. The summed E-state index contributed by atoms with van der Waals surface area (Å²) in [5.41, 5.74) is 0. The van der Waals surface area contributed by atoms with Gasteiger partial charge in [-0.05, 0) is 12.3 Å². The van der Waals surface area contributed by atoms with Crippen LogP contribution in [0.3, 0.4) is 0 Å². The number of unbranched alkanes of at least 4 members (excludes halogenated alkanes) is 1. The predicted octanol–water partition coefficient (Wildman–Crippen LogP) is 3.41. The summed E-state index contributed by atoms with van der Waals surface area (Å²) in [6.07, 6.45) is 6.97.